The van der Waals surface area contributed by atoms with E-state index in [9.17, 15) is 15.0 Å². The lowest BCUT2D eigenvalue weighted by Gasteiger charge is -2.59. The Morgan fingerprint density at radius 2 is 2.12 bits per heavy atom. The van der Waals surface area contributed by atoms with E-state index >= 15 is 0 Å². The smallest absolute Gasteiger partial charge is 0.335 e. The van der Waals surface area contributed by atoms with E-state index in [-0.39, 0.29) is 16.7 Å². The minimum Gasteiger partial charge on any atom is -0.479 e. The molecule has 2 bridgehead atoms. The molecule has 0 aromatic carbocycles. The summed E-state index contributed by atoms with van der Waals surface area (Å²) in [6.45, 7) is 2.43. The summed E-state index contributed by atoms with van der Waals surface area (Å²) in [6.07, 6.45) is 9.39. The van der Waals surface area contributed by atoms with Gasteiger partial charge in [-0.05, 0) is 85.2 Å². The first kappa shape index (κ1) is 15.0. The Bertz CT molecular complexity index is 708. The van der Waals surface area contributed by atoms with Crippen LogP contribution in [0.25, 0.3) is 0 Å². The van der Waals surface area contributed by atoms with Crippen LogP contribution in [0.3, 0.4) is 0 Å². The number of carboxylic acids is 1. The standard InChI is InChI=1S/C20H26O4/c1-18-7-5-15-13(6-9-24-15)14(18)4-8-19-10-12(2-3-16(18)19)20(23,11-19)17(21)22/h6,9,12,14,16,23H,2-5,7-8,10-11H2,1H3,(H,21,22)/t12-,14-,16+,18-,19+,20-/m1/s1. The van der Waals surface area contributed by atoms with Crippen molar-refractivity contribution in [3.8, 4) is 0 Å². The average molecular weight is 330 g/mol. The van der Waals surface area contributed by atoms with Crippen LogP contribution in [0.4, 0.5) is 0 Å². The molecule has 5 rings (SSSR count). The van der Waals surface area contributed by atoms with Crippen LogP contribution in [0, 0.1) is 22.7 Å². The number of hydrogen-bond donors (Lipinski definition) is 2. The molecule has 4 aliphatic rings. The molecule has 4 nitrogen and oxygen atoms in total. The number of carbonyl (C=O) groups is 1. The van der Waals surface area contributed by atoms with Crippen LogP contribution in [0.5, 0.6) is 0 Å². The van der Waals surface area contributed by atoms with Crippen LogP contribution in [-0.2, 0) is 11.2 Å². The molecule has 0 radical (unpaired) electrons. The van der Waals surface area contributed by atoms with E-state index in [2.05, 4.69) is 13.0 Å². The van der Waals surface area contributed by atoms with Crippen molar-refractivity contribution in [3.63, 3.8) is 0 Å². The first-order chi connectivity index (χ1) is 11.4. The zero-order valence-electron chi connectivity index (χ0n) is 14.3. The highest BCUT2D eigenvalue weighted by Crippen LogP contribution is 2.72. The molecule has 130 valence electrons. The van der Waals surface area contributed by atoms with Crippen molar-refractivity contribution in [1.82, 2.24) is 0 Å². The minimum atomic E-state index is -1.49. The third kappa shape index (κ3) is 1.61. The lowest BCUT2D eigenvalue weighted by Crippen LogP contribution is -2.51. The molecular formula is C20H26O4. The maximum atomic E-state index is 11.8. The topological polar surface area (TPSA) is 70.7 Å². The summed E-state index contributed by atoms with van der Waals surface area (Å²) < 4.78 is 5.69. The molecule has 2 N–H and O–H groups in total. The van der Waals surface area contributed by atoms with Gasteiger partial charge in [0.1, 0.15) is 5.76 Å². The molecule has 1 heterocycles. The molecule has 0 amide bonds. The molecule has 4 heteroatoms. The van der Waals surface area contributed by atoms with Gasteiger partial charge in [0, 0.05) is 6.42 Å². The third-order valence-electron chi connectivity index (χ3n) is 8.43. The first-order valence-electron chi connectivity index (χ1n) is 9.41. The molecule has 3 saturated carbocycles. The van der Waals surface area contributed by atoms with Crippen LogP contribution in [0.1, 0.15) is 69.1 Å². The van der Waals surface area contributed by atoms with Gasteiger partial charge in [0.15, 0.2) is 5.60 Å². The van der Waals surface area contributed by atoms with E-state index in [0.29, 0.717) is 18.3 Å². The van der Waals surface area contributed by atoms with Gasteiger partial charge >= 0.3 is 5.97 Å². The van der Waals surface area contributed by atoms with Gasteiger partial charge in [0.2, 0.25) is 0 Å². The number of fused-ring (bicyclic) bond motifs is 5. The summed E-state index contributed by atoms with van der Waals surface area (Å²) in [5.41, 5.74) is 0.145. The summed E-state index contributed by atoms with van der Waals surface area (Å²) >= 11 is 0. The summed E-state index contributed by atoms with van der Waals surface area (Å²) in [5, 5.41) is 20.5. The Labute approximate surface area is 142 Å². The Morgan fingerprint density at radius 1 is 1.29 bits per heavy atom. The summed E-state index contributed by atoms with van der Waals surface area (Å²) in [4.78, 5) is 11.8. The Hall–Kier alpha value is -1.29. The normalized spacial score (nSPS) is 49.2. The molecule has 3 fully saturated rings. The molecule has 4 aliphatic carbocycles. The number of rotatable bonds is 1. The van der Waals surface area contributed by atoms with Crippen LogP contribution >= 0.6 is 0 Å². The molecule has 0 unspecified atom stereocenters. The van der Waals surface area contributed by atoms with Crippen molar-refractivity contribution in [2.24, 2.45) is 22.7 Å². The highest BCUT2D eigenvalue weighted by atomic mass is 16.4. The zero-order chi connectivity index (χ0) is 16.7. The van der Waals surface area contributed by atoms with E-state index in [1.54, 1.807) is 0 Å². The average Bonchev–Trinajstić information content (AvgIpc) is 3.09. The summed E-state index contributed by atoms with van der Waals surface area (Å²) in [6, 6.07) is 2.16. The Balaban J connectivity index is 1.56. The fraction of sp³-hybridized carbons (Fsp3) is 0.750. The Kier molecular flexibility index (Phi) is 2.79. The van der Waals surface area contributed by atoms with E-state index in [1.807, 2.05) is 6.26 Å². The second-order valence-electron chi connectivity index (χ2n) is 9.20. The largest absolute Gasteiger partial charge is 0.479 e. The number of carboxylic acid groups (broad SMARTS) is 1. The van der Waals surface area contributed by atoms with Gasteiger partial charge in [-0.3, -0.25) is 0 Å². The van der Waals surface area contributed by atoms with Gasteiger partial charge in [-0.2, -0.15) is 0 Å². The lowest BCUT2D eigenvalue weighted by atomic mass is 9.45. The van der Waals surface area contributed by atoms with Gasteiger partial charge < -0.3 is 14.6 Å². The summed E-state index contributed by atoms with van der Waals surface area (Å²) in [5.74, 6) is 1.16. The maximum absolute atomic E-state index is 11.8. The number of aliphatic hydroxyl groups is 1. The van der Waals surface area contributed by atoms with Crippen molar-refractivity contribution in [1.29, 1.82) is 0 Å². The molecule has 1 aromatic heterocycles. The molecule has 0 aliphatic heterocycles. The lowest BCUT2D eigenvalue weighted by molar-refractivity contribution is -0.163. The van der Waals surface area contributed by atoms with Crippen LogP contribution in [0.15, 0.2) is 16.7 Å². The third-order valence-corrected chi connectivity index (χ3v) is 8.43. The zero-order valence-corrected chi connectivity index (χ0v) is 14.3. The second-order valence-corrected chi connectivity index (χ2v) is 9.20. The number of furan rings is 1. The van der Waals surface area contributed by atoms with Gasteiger partial charge in [0.25, 0.3) is 0 Å². The fourth-order valence-electron chi connectivity index (χ4n) is 7.45. The van der Waals surface area contributed by atoms with Crippen molar-refractivity contribution in [3.05, 3.63) is 23.7 Å². The first-order valence-corrected chi connectivity index (χ1v) is 9.41. The Morgan fingerprint density at radius 3 is 2.92 bits per heavy atom. The fourth-order valence-corrected chi connectivity index (χ4v) is 7.45. The molecule has 6 atom stereocenters. The van der Waals surface area contributed by atoms with Crippen molar-refractivity contribution in [2.75, 3.05) is 0 Å². The van der Waals surface area contributed by atoms with Gasteiger partial charge in [0.05, 0.1) is 6.26 Å². The van der Waals surface area contributed by atoms with E-state index in [1.165, 1.54) is 5.56 Å². The number of aryl methyl sites for hydroxylation is 1. The maximum Gasteiger partial charge on any atom is 0.335 e. The molecule has 1 aromatic rings. The summed E-state index contributed by atoms with van der Waals surface area (Å²) in [7, 11) is 0. The van der Waals surface area contributed by atoms with E-state index < -0.39 is 11.6 Å². The van der Waals surface area contributed by atoms with Crippen LogP contribution in [0.2, 0.25) is 0 Å². The van der Waals surface area contributed by atoms with Gasteiger partial charge in [-0.15, -0.1) is 0 Å². The van der Waals surface area contributed by atoms with Crippen molar-refractivity contribution < 1.29 is 19.4 Å². The monoisotopic (exact) mass is 330 g/mol. The van der Waals surface area contributed by atoms with E-state index in [4.69, 9.17) is 4.42 Å². The van der Waals surface area contributed by atoms with Crippen molar-refractivity contribution >= 4 is 5.97 Å². The van der Waals surface area contributed by atoms with Crippen molar-refractivity contribution in [2.45, 2.75) is 69.8 Å². The predicted octanol–water partition coefficient (Wildman–Crippen LogP) is 3.73. The van der Waals surface area contributed by atoms with Gasteiger partial charge in [-0.1, -0.05) is 6.92 Å². The van der Waals surface area contributed by atoms with Crippen LogP contribution in [-0.4, -0.2) is 21.8 Å². The molecule has 24 heavy (non-hydrogen) atoms. The minimum absolute atomic E-state index is 0.0303. The molecule has 1 spiro atoms. The second kappa shape index (κ2) is 4.46. The number of hydrogen-bond acceptors (Lipinski definition) is 3. The highest BCUT2D eigenvalue weighted by Gasteiger charge is 2.68. The SMILES string of the molecule is C[C@@]12CCc3occc3[C@H]1CC[C@@]13C[C@@H](CC[C@H]12)[C@@](O)(C(=O)O)C3. The molecular weight excluding hydrogens is 304 g/mol. The van der Waals surface area contributed by atoms with Gasteiger partial charge in [-0.25, -0.2) is 4.79 Å². The molecule has 0 saturated heterocycles. The van der Waals surface area contributed by atoms with Crippen LogP contribution < -0.4 is 0 Å². The van der Waals surface area contributed by atoms with E-state index in [0.717, 1.165) is 50.7 Å². The highest BCUT2D eigenvalue weighted by molar-refractivity contribution is 5.78. The predicted molar refractivity (Wildman–Crippen MR) is 87.6 cm³/mol. The quantitative estimate of drug-likeness (QED) is 0.823. The number of aliphatic carboxylic acids is 1.